The fraction of sp³-hybridized carbons (Fsp3) is 0.560. The van der Waals surface area contributed by atoms with Crippen molar-refractivity contribution in [1.29, 1.82) is 0 Å². The van der Waals surface area contributed by atoms with E-state index in [4.69, 9.17) is 9.47 Å². The predicted octanol–water partition coefficient (Wildman–Crippen LogP) is -0.307. The second-order valence-corrected chi connectivity index (χ2v) is 9.80. The molecule has 0 saturated carbocycles. The van der Waals surface area contributed by atoms with Gasteiger partial charge in [0.25, 0.3) is 17.7 Å². The van der Waals surface area contributed by atoms with E-state index in [1.807, 2.05) is 4.31 Å². The van der Waals surface area contributed by atoms with Crippen LogP contribution in [0.15, 0.2) is 18.2 Å². The molecular weight excluding hydrogens is 514 g/mol. The number of rotatable bonds is 14. The molecule has 1 saturated heterocycles. The molecule has 0 radical (unpaired) electrons. The molecule has 2 heterocycles. The number of nitrogens with zero attached hydrogens (tertiary/aromatic N) is 4. The number of piperazine rings is 1. The van der Waals surface area contributed by atoms with Gasteiger partial charge in [-0.2, -0.15) is 0 Å². The number of hydrogen-bond acceptors (Lipinski definition) is 10. The van der Waals surface area contributed by atoms with E-state index in [9.17, 15) is 24.0 Å². The van der Waals surface area contributed by atoms with Crippen LogP contribution in [0.2, 0.25) is 0 Å². The number of carbonyl (C=O) groups is 5. The summed E-state index contributed by atoms with van der Waals surface area (Å²) in [5, 5.41) is 2.69. The highest BCUT2D eigenvalue weighted by atomic mass is 32.1. The van der Waals surface area contributed by atoms with Crippen molar-refractivity contribution in [2.45, 2.75) is 18.9 Å². The van der Waals surface area contributed by atoms with Gasteiger partial charge in [0.2, 0.25) is 5.91 Å². The number of aldehydes is 1. The molecule has 0 aromatic heterocycles. The fourth-order valence-electron chi connectivity index (χ4n) is 4.16. The predicted molar refractivity (Wildman–Crippen MR) is 141 cm³/mol. The monoisotopic (exact) mass is 549 g/mol. The molecule has 0 aliphatic carbocycles. The molecule has 0 spiro atoms. The molecule has 12 nitrogen and oxygen atoms in total. The van der Waals surface area contributed by atoms with Crippen LogP contribution in [0.3, 0.4) is 0 Å². The Balaban J connectivity index is 1.45. The van der Waals surface area contributed by atoms with Gasteiger partial charge < -0.3 is 24.5 Å². The second kappa shape index (κ2) is 14.2. The summed E-state index contributed by atoms with van der Waals surface area (Å²) in [6.07, 6.45) is 0.506. The summed E-state index contributed by atoms with van der Waals surface area (Å²) in [5.41, 5.74) is 0.0843. The summed E-state index contributed by atoms with van der Waals surface area (Å²) in [4.78, 5) is 66.4. The van der Waals surface area contributed by atoms with E-state index in [0.717, 1.165) is 37.6 Å². The molecule has 1 atom stereocenters. The Kier molecular flexibility index (Phi) is 11.1. The van der Waals surface area contributed by atoms with Gasteiger partial charge in [-0.15, -0.1) is 0 Å². The minimum atomic E-state index is -1.09. The Morgan fingerprint density at radius 2 is 1.87 bits per heavy atom. The van der Waals surface area contributed by atoms with Gasteiger partial charge in [0, 0.05) is 59.8 Å². The maximum atomic E-state index is 13.1. The standard InChI is InChI=1S/C25H35N5O7S/c1-27(2)22(33)7-6-18(16-31)30-24(34)19-4-3-5-20(23(19)25(30)35)37-17-21(32)26-8-14-36-15-13-28-9-11-29(38)12-10-28/h3-5,16,18,38H,6-15,17H2,1-2H3,(H,26,32). The van der Waals surface area contributed by atoms with E-state index in [0.29, 0.717) is 26.0 Å². The first kappa shape index (κ1) is 29.6. The fourth-order valence-corrected chi connectivity index (χ4v) is 4.34. The van der Waals surface area contributed by atoms with Gasteiger partial charge in [-0.1, -0.05) is 18.9 Å². The summed E-state index contributed by atoms with van der Waals surface area (Å²) in [7, 11) is 3.17. The first-order chi connectivity index (χ1) is 18.2. The van der Waals surface area contributed by atoms with E-state index in [2.05, 4.69) is 23.0 Å². The number of amides is 4. The zero-order valence-electron chi connectivity index (χ0n) is 21.8. The minimum Gasteiger partial charge on any atom is -0.483 e. The molecule has 208 valence electrons. The van der Waals surface area contributed by atoms with Crippen molar-refractivity contribution in [3.63, 3.8) is 0 Å². The zero-order chi connectivity index (χ0) is 27.7. The van der Waals surface area contributed by atoms with Crippen LogP contribution in [0, 0.1) is 0 Å². The summed E-state index contributed by atoms with van der Waals surface area (Å²) in [6, 6.07) is 3.40. The normalized spacial score (nSPS) is 16.8. The molecule has 3 rings (SSSR count). The van der Waals surface area contributed by atoms with Crippen LogP contribution >= 0.6 is 12.8 Å². The van der Waals surface area contributed by atoms with Gasteiger partial charge in [0.05, 0.1) is 30.4 Å². The van der Waals surface area contributed by atoms with Crippen LogP contribution in [-0.4, -0.2) is 128 Å². The Bertz CT molecular complexity index is 1030. The van der Waals surface area contributed by atoms with E-state index in [1.54, 1.807) is 14.1 Å². The molecule has 2 aliphatic rings. The van der Waals surface area contributed by atoms with Crippen molar-refractivity contribution in [2.24, 2.45) is 0 Å². The Morgan fingerprint density at radius 3 is 2.55 bits per heavy atom. The highest BCUT2D eigenvalue weighted by molar-refractivity contribution is 7.77. The molecule has 2 aliphatic heterocycles. The third-order valence-corrected chi connectivity index (χ3v) is 6.78. The van der Waals surface area contributed by atoms with Gasteiger partial charge in [0.1, 0.15) is 12.0 Å². The van der Waals surface area contributed by atoms with Crippen molar-refractivity contribution in [3.05, 3.63) is 29.3 Å². The molecular formula is C25H35N5O7S. The lowest BCUT2D eigenvalue weighted by Crippen LogP contribution is -2.43. The molecule has 0 bridgehead atoms. The number of ether oxygens (including phenoxy) is 2. The average Bonchev–Trinajstić information content (AvgIpc) is 3.16. The topological polar surface area (TPSA) is 129 Å². The van der Waals surface area contributed by atoms with E-state index in [-0.39, 0.29) is 42.2 Å². The number of imide groups is 1. The molecule has 1 aromatic rings. The highest BCUT2D eigenvalue weighted by Gasteiger charge is 2.42. The number of hydrogen-bond donors (Lipinski definition) is 2. The summed E-state index contributed by atoms with van der Waals surface area (Å²) in [6.45, 7) is 5.39. The minimum absolute atomic E-state index is 0.00169. The summed E-state index contributed by atoms with van der Waals surface area (Å²) < 4.78 is 13.1. The van der Waals surface area contributed by atoms with Gasteiger partial charge in [0.15, 0.2) is 6.61 Å². The Morgan fingerprint density at radius 1 is 1.13 bits per heavy atom. The maximum absolute atomic E-state index is 13.1. The maximum Gasteiger partial charge on any atom is 0.265 e. The van der Waals surface area contributed by atoms with E-state index < -0.39 is 23.8 Å². The average molecular weight is 550 g/mol. The Labute approximate surface area is 227 Å². The summed E-state index contributed by atoms with van der Waals surface area (Å²) in [5.74, 6) is -1.89. The number of nitrogens with one attached hydrogen (secondary N) is 1. The van der Waals surface area contributed by atoms with Crippen LogP contribution < -0.4 is 10.1 Å². The van der Waals surface area contributed by atoms with E-state index >= 15 is 0 Å². The molecule has 38 heavy (non-hydrogen) atoms. The molecule has 1 N–H and O–H groups in total. The molecule has 1 unspecified atom stereocenters. The molecule has 13 heteroatoms. The lowest BCUT2D eigenvalue weighted by atomic mass is 10.1. The van der Waals surface area contributed by atoms with Crippen LogP contribution in [0.5, 0.6) is 5.75 Å². The van der Waals surface area contributed by atoms with Crippen LogP contribution in [0.25, 0.3) is 0 Å². The van der Waals surface area contributed by atoms with Crippen LogP contribution in [0.4, 0.5) is 0 Å². The number of carbonyl (C=O) groups excluding carboxylic acids is 5. The van der Waals surface area contributed by atoms with Gasteiger partial charge in [-0.05, 0) is 18.6 Å². The first-order valence-corrected chi connectivity index (χ1v) is 12.9. The lowest BCUT2D eigenvalue weighted by molar-refractivity contribution is -0.129. The van der Waals surface area contributed by atoms with Crippen molar-refractivity contribution in [1.82, 2.24) is 24.3 Å². The first-order valence-electron chi connectivity index (χ1n) is 12.5. The number of thiol groups is 1. The van der Waals surface area contributed by atoms with Crippen LogP contribution in [0.1, 0.15) is 33.6 Å². The molecule has 1 aromatic carbocycles. The molecule has 4 amide bonds. The van der Waals surface area contributed by atoms with Gasteiger partial charge in [-0.3, -0.25) is 33.3 Å². The van der Waals surface area contributed by atoms with Crippen molar-refractivity contribution >= 4 is 42.7 Å². The smallest absolute Gasteiger partial charge is 0.265 e. The highest BCUT2D eigenvalue weighted by Crippen LogP contribution is 2.32. The SMILES string of the molecule is CN(C)C(=O)CCC(C=O)N1C(=O)c2cccc(OCC(=O)NCCOCCN3CCN(S)CC3)c2C1=O. The van der Waals surface area contributed by atoms with Crippen molar-refractivity contribution in [3.8, 4) is 5.75 Å². The van der Waals surface area contributed by atoms with Crippen molar-refractivity contribution < 1.29 is 33.4 Å². The second-order valence-electron chi connectivity index (χ2n) is 9.24. The lowest BCUT2D eigenvalue weighted by Gasteiger charge is -2.31. The van der Waals surface area contributed by atoms with Gasteiger partial charge in [-0.25, -0.2) is 0 Å². The molecule has 1 fully saturated rings. The number of benzene rings is 1. The van der Waals surface area contributed by atoms with Crippen LogP contribution in [-0.2, 0) is 19.1 Å². The Hall–Kier alpha value is -3.00. The number of fused-ring (bicyclic) bond motifs is 1. The quantitative estimate of drug-likeness (QED) is 0.139. The largest absolute Gasteiger partial charge is 0.483 e. The third kappa shape index (κ3) is 7.76. The summed E-state index contributed by atoms with van der Waals surface area (Å²) >= 11 is 4.33. The van der Waals surface area contributed by atoms with Crippen molar-refractivity contribution in [2.75, 3.05) is 73.2 Å². The van der Waals surface area contributed by atoms with E-state index in [1.165, 1.54) is 23.1 Å². The van der Waals surface area contributed by atoms with Gasteiger partial charge >= 0.3 is 0 Å². The third-order valence-electron chi connectivity index (χ3n) is 6.38. The zero-order valence-corrected chi connectivity index (χ0v) is 22.7.